The molecule has 1 unspecified atom stereocenters. The van der Waals surface area contributed by atoms with Crippen molar-refractivity contribution in [1.82, 2.24) is 0 Å². The molecule has 1 atom stereocenters. The highest BCUT2D eigenvalue weighted by Gasteiger charge is 2.30. The van der Waals surface area contributed by atoms with Gasteiger partial charge in [-0.15, -0.1) is 0 Å². The first-order valence-corrected chi connectivity index (χ1v) is 11.1. The smallest absolute Gasteiger partial charge is 0.416 e. The molecule has 0 saturated carbocycles. The van der Waals surface area contributed by atoms with Crippen molar-refractivity contribution in [3.63, 3.8) is 0 Å². The lowest BCUT2D eigenvalue weighted by molar-refractivity contribution is -0.876. The number of halogens is 3. The lowest BCUT2D eigenvalue weighted by Crippen LogP contribution is -3.04. The number of hydroxylamine groups is 2. The molecule has 1 aromatic heterocycles. The molecule has 0 aliphatic rings. The van der Waals surface area contributed by atoms with E-state index in [0.29, 0.717) is 11.1 Å². The third kappa shape index (κ3) is 5.88. The summed E-state index contributed by atoms with van der Waals surface area (Å²) >= 11 is 0. The quantitative estimate of drug-likeness (QED) is 0.286. The highest BCUT2D eigenvalue weighted by atomic mass is 19.4. The van der Waals surface area contributed by atoms with E-state index in [1.165, 1.54) is 17.7 Å². The SMILES string of the molecule is CCCc1ccc(C#Cc2coc3ccc(C[NH+]([O-])Cc4ccc(C(F)(F)F)cc4)cc23)cc1. The fourth-order valence-electron chi connectivity index (χ4n) is 3.80. The lowest BCUT2D eigenvalue weighted by Gasteiger charge is -2.22. The van der Waals surface area contributed by atoms with Crippen molar-refractivity contribution in [3.8, 4) is 11.8 Å². The number of rotatable bonds is 6. The maximum absolute atomic E-state index is 12.7. The minimum atomic E-state index is -4.39. The van der Waals surface area contributed by atoms with Gasteiger partial charge in [0.25, 0.3) is 0 Å². The van der Waals surface area contributed by atoms with Crippen LogP contribution < -0.4 is 5.06 Å². The van der Waals surface area contributed by atoms with E-state index in [1.54, 1.807) is 12.3 Å². The molecular formula is C28H24F3NO2. The van der Waals surface area contributed by atoms with Crippen LogP contribution in [0.5, 0.6) is 0 Å². The summed E-state index contributed by atoms with van der Waals surface area (Å²) in [7, 11) is 0. The fourth-order valence-corrected chi connectivity index (χ4v) is 3.80. The van der Waals surface area contributed by atoms with Crippen LogP contribution in [0.25, 0.3) is 11.0 Å². The average molecular weight is 463 g/mol. The zero-order valence-electron chi connectivity index (χ0n) is 18.7. The van der Waals surface area contributed by atoms with Gasteiger partial charge in [-0.25, -0.2) is 0 Å². The fraction of sp³-hybridized carbons (Fsp3) is 0.214. The second-order valence-corrected chi connectivity index (χ2v) is 8.26. The summed E-state index contributed by atoms with van der Waals surface area (Å²) in [6.45, 7) is 2.39. The van der Waals surface area contributed by atoms with Crippen molar-refractivity contribution in [2.75, 3.05) is 0 Å². The largest absolute Gasteiger partial charge is 0.634 e. The number of nitrogens with one attached hydrogen (secondary N) is 1. The van der Waals surface area contributed by atoms with E-state index >= 15 is 0 Å². The Labute approximate surface area is 196 Å². The van der Waals surface area contributed by atoms with Crippen LogP contribution in [0.4, 0.5) is 13.2 Å². The topological polar surface area (TPSA) is 40.6 Å². The van der Waals surface area contributed by atoms with E-state index in [1.807, 2.05) is 24.3 Å². The third-order valence-electron chi connectivity index (χ3n) is 5.56. The highest BCUT2D eigenvalue weighted by Crippen LogP contribution is 2.29. The molecular weight excluding hydrogens is 439 g/mol. The van der Waals surface area contributed by atoms with Crippen molar-refractivity contribution >= 4 is 11.0 Å². The van der Waals surface area contributed by atoms with Crippen LogP contribution in [0.1, 0.15) is 46.7 Å². The molecule has 0 aliphatic heterocycles. The van der Waals surface area contributed by atoms with Crippen LogP contribution >= 0.6 is 0 Å². The molecule has 6 heteroatoms. The van der Waals surface area contributed by atoms with Gasteiger partial charge in [-0.1, -0.05) is 49.5 Å². The molecule has 3 nitrogen and oxygen atoms in total. The van der Waals surface area contributed by atoms with Crippen molar-refractivity contribution < 1.29 is 22.7 Å². The van der Waals surface area contributed by atoms with E-state index in [-0.39, 0.29) is 18.2 Å². The third-order valence-corrected chi connectivity index (χ3v) is 5.56. The van der Waals surface area contributed by atoms with Gasteiger partial charge in [0.15, 0.2) is 0 Å². The van der Waals surface area contributed by atoms with Crippen molar-refractivity contribution in [1.29, 1.82) is 0 Å². The van der Waals surface area contributed by atoms with Gasteiger partial charge in [0, 0.05) is 22.1 Å². The average Bonchev–Trinajstić information content (AvgIpc) is 3.21. The monoisotopic (exact) mass is 463 g/mol. The molecule has 0 fully saturated rings. The summed E-state index contributed by atoms with van der Waals surface area (Å²) in [6, 6.07) is 18.4. The number of benzene rings is 3. The minimum Gasteiger partial charge on any atom is -0.634 e. The van der Waals surface area contributed by atoms with Gasteiger partial charge < -0.3 is 14.7 Å². The molecule has 4 rings (SSSR count). The number of alkyl halides is 3. The van der Waals surface area contributed by atoms with E-state index in [0.717, 1.165) is 47.1 Å². The molecule has 3 aromatic carbocycles. The van der Waals surface area contributed by atoms with Gasteiger partial charge in [-0.3, -0.25) is 0 Å². The molecule has 0 radical (unpaired) electrons. The second-order valence-electron chi connectivity index (χ2n) is 8.26. The number of aryl methyl sites for hydroxylation is 1. The van der Waals surface area contributed by atoms with Crippen LogP contribution in [-0.4, -0.2) is 0 Å². The number of hydrogen-bond donors (Lipinski definition) is 1. The number of fused-ring (bicyclic) bond motifs is 1. The van der Waals surface area contributed by atoms with Gasteiger partial charge in [0.2, 0.25) is 0 Å². The standard InChI is InChI=1S/C28H24F3NO2/c1-2-3-20-4-6-21(7-5-20)8-12-24-19-34-27-15-11-23(16-26(24)27)18-32(33)17-22-9-13-25(14-10-22)28(29,30)31/h4-7,9-11,13-16,19,32H,2-3,17-18H2,1H3. The van der Waals surface area contributed by atoms with Crippen molar-refractivity contribution in [2.24, 2.45) is 0 Å². The molecule has 1 N–H and O–H groups in total. The lowest BCUT2D eigenvalue weighted by atomic mass is 10.1. The summed E-state index contributed by atoms with van der Waals surface area (Å²) in [5.41, 5.74) is 4.26. The zero-order chi connectivity index (χ0) is 24.1. The van der Waals surface area contributed by atoms with Gasteiger partial charge in [-0.05, 0) is 54.4 Å². The molecule has 1 heterocycles. The van der Waals surface area contributed by atoms with E-state index in [4.69, 9.17) is 4.42 Å². The Hall–Kier alpha value is -3.53. The van der Waals surface area contributed by atoms with Crippen molar-refractivity contribution in [2.45, 2.75) is 39.0 Å². The molecule has 0 spiro atoms. The van der Waals surface area contributed by atoms with E-state index < -0.39 is 11.7 Å². The van der Waals surface area contributed by atoms with Gasteiger partial charge in [0.05, 0.1) is 11.1 Å². The van der Waals surface area contributed by atoms with Crippen LogP contribution in [0, 0.1) is 17.0 Å². The Kier molecular flexibility index (Phi) is 7.06. The number of quaternary nitrogens is 1. The molecule has 174 valence electrons. The van der Waals surface area contributed by atoms with Crippen LogP contribution in [-0.2, 0) is 25.7 Å². The minimum absolute atomic E-state index is 0.0717. The predicted molar refractivity (Wildman–Crippen MR) is 126 cm³/mol. The molecule has 4 aromatic rings. The first kappa shape index (κ1) is 23.6. The molecule has 0 amide bonds. The van der Waals surface area contributed by atoms with Gasteiger partial charge >= 0.3 is 6.18 Å². The summed E-state index contributed by atoms with van der Waals surface area (Å²) in [4.78, 5) is 0. The van der Waals surface area contributed by atoms with E-state index in [9.17, 15) is 18.4 Å². The summed E-state index contributed by atoms with van der Waals surface area (Å²) in [5, 5.41) is 13.3. The predicted octanol–water partition coefficient (Wildman–Crippen LogP) is 5.89. The first-order valence-electron chi connectivity index (χ1n) is 11.1. The first-order chi connectivity index (χ1) is 16.3. The Balaban J connectivity index is 1.46. The zero-order valence-corrected chi connectivity index (χ0v) is 18.7. The maximum Gasteiger partial charge on any atom is 0.416 e. The van der Waals surface area contributed by atoms with Crippen LogP contribution in [0.15, 0.2) is 77.4 Å². The Morgan fingerprint density at radius 1 is 0.853 bits per heavy atom. The number of furan rings is 1. The normalized spacial score (nSPS) is 12.4. The van der Waals surface area contributed by atoms with Gasteiger partial charge in [0.1, 0.15) is 24.9 Å². The Morgan fingerprint density at radius 3 is 2.18 bits per heavy atom. The molecule has 0 aliphatic carbocycles. The van der Waals surface area contributed by atoms with Gasteiger partial charge in [-0.2, -0.15) is 13.2 Å². The highest BCUT2D eigenvalue weighted by molar-refractivity contribution is 5.84. The van der Waals surface area contributed by atoms with Crippen LogP contribution in [0.2, 0.25) is 0 Å². The molecule has 0 bridgehead atoms. The van der Waals surface area contributed by atoms with Crippen molar-refractivity contribution in [3.05, 3.63) is 112 Å². The molecule has 34 heavy (non-hydrogen) atoms. The van der Waals surface area contributed by atoms with E-state index in [2.05, 4.69) is 30.9 Å². The molecule has 0 saturated heterocycles. The second kappa shape index (κ2) is 10.2. The summed E-state index contributed by atoms with van der Waals surface area (Å²) in [5.74, 6) is 6.31. The Bertz CT molecular complexity index is 1310. The summed E-state index contributed by atoms with van der Waals surface area (Å²) < 4.78 is 43.7. The maximum atomic E-state index is 12.7. The van der Waals surface area contributed by atoms with Crippen LogP contribution in [0.3, 0.4) is 0 Å². The summed E-state index contributed by atoms with van der Waals surface area (Å²) in [6.07, 6.45) is -0.639. The number of hydrogen-bond acceptors (Lipinski definition) is 2. The Morgan fingerprint density at radius 2 is 1.50 bits per heavy atom.